The molecule has 0 saturated heterocycles. The number of carbonyl (C=O) groups excluding carboxylic acids is 2. The van der Waals surface area contributed by atoms with Crippen molar-refractivity contribution in [3.05, 3.63) is 129 Å². The summed E-state index contributed by atoms with van der Waals surface area (Å²) in [6.07, 6.45) is 9.86. The summed E-state index contributed by atoms with van der Waals surface area (Å²) in [6, 6.07) is 21.5. The Bertz CT molecular complexity index is 2240. The van der Waals surface area contributed by atoms with Crippen molar-refractivity contribution in [2.75, 3.05) is 13.1 Å². The number of likely N-dealkylation sites (N-methyl/N-ethyl adjacent to an activating group) is 1. The summed E-state index contributed by atoms with van der Waals surface area (Å²) in [5.41, 5.74) is 9.88. The molecule has 1 saturated carbocycles. The molecule has 0 bridgehead atoms. The monoisotopic (exact) mass is 621 g/mol. The Morgan fingerprint density at radius 3 is 2.04 bits per heavy atom. The van der Waals surface area contributed by atoms with Crippen LogP contribution < -0.4 is 16.0 Å². The van der Waals surface area contributed by atoms with Crippen molar-refractivity contribution in [3.8, 4) is 0 Å². The number of Topliss-reactive ketones (excluding diaryl/α,β-unsaturated/α-hetero) is 1. The zero-order valence-corrected chi connectivity index (χ0v) is 28.2. The lowest BCUT2D eigenvalue weighted by Crippen LogP contribution is -2.28. The Morgan fingerprint density at radius 1 is 0.723 bits per heavy atom. The smallest absolute Gasteiger partial charge is 0.255 e. The van der Waals surface area contributed by atoms with Crippen LogP contribution in [-0.2, 0) is 9.59 Å². The topological polar surface area (TPSA) is 74.0 Å². The van der Waals surface area contributed by atoms with Crippen molar-refractivity contribution in [2.45, 2.75) is 54.4 Å². The molecule has 0 aliphatic heterocycles. The van der Waals surface area contributed by atoms with E-state index in [4.69, 9.17) is 0 Å². The third kappa shape index (κ3) is 5.94. The number of ketones is 1. The molecule has 1 aromatic heterocycles. The van der Waals surface area contributed by atoms with Crippen LogP contribution in [0.15, 0.2) is 101 Å². The second-order valence-electron chi connectivity index (χ2n) is 12.5. The van der Waals surface area contributed by atoms with Crippen LogP contribution in [0.2, 0.25) is 0 Å². The van der Waals surface area contributed by atoms with E-state index in [9.17, 15) is 9.59 Å². The highest BCUT2D eigenvalue weighted by atomic mass is 16.2. The Balaban J connectivity index is 1.52. The van der Waals surface area contributed by atoms with Gasteiger partial charge in [0.25, 0.3) is 5.91 Å². The molecule has 1 aliphatic carbocycles. The Labute approximate surface area is 276 Å². The molecule has 4 aromatic carbocycles. The van der Waals surface area contributed by atoms with E-state index < -0.39 is 0 Å². The predicted molar refractivity (Wildman–Crippen MR) is 197 cm³/mol. The number of amides is 1. The van der Waals surface area contributed by atoms with Gasteiger partial charge in [-0.2, -0.15) is 0 Å². The number of aromatic nitrogens is 1. The summed E-state index contributed by atoms with van der Waals surface area (Å²) < 4.78 is 0. The molecule has 5 nitrogen and oxygen atoms in total. The van der Waals surface area contributed by atoms with Crippen molar-refractivity contribution in [2.24, 2.45) is 0 Å². The Kier molecular flexibility index (Phi) is 8.99. The fourth-order valence-electron chi connectivity index (χ4n) is 7.06. The number of allylic oxidation sites excluding steroid dienone is 6. The first-order valence-corrected chi connectivity index (χ1v) is 16.6. The van der Waals surface area contributed by atoms with E-state index in [-0.39, 0.29) is 17.3 Å². The van der Waals surface area contributed by atoms with E-state index in [1.54, 1.807) is 0 Å². The highest BCUT2D eigenvalue weighted by Gasteiger charge is 2.28. The first kappa shape index (κ1) is 31.8. The fourth-order valence-corrected chi connectivity index (χ4v) is 7.06. The fraction of sp³-hybridized carbons (Fsp3) is 0.238. The van der Waals surface area contributed by atoms with E-state index in [2.05, 4.69) is 128 Å². The molecule has 47 heavy (non-hydrogen) atoms. The number of hydrogen-bond donors (Lipinski definition) is 3. The maximum Gasteiger partial charge on any atom is 0.255 e. The number of hydrogen-bond acceptors (Lipinski definition) is 3. The zero-order valence-electron chi connectivity index (χ0n) is 28.2. The van der Waals surface area contributed by atoms with E-state index >= 15 is 0 Å². The average Bonchev–Trinajstić information content (AvgIpc) is 3.63. The molecule has 0 spiro atoms. The van der Waals surface area contributed by atoms with Gasteiger partial charge in [-0.25, -0.2) is 0 Å². The Hall–Kier alpha value is -5.16. The number of benzene rings is 4. The summed E-state index contributed by atoms with van der Waals surface area (Å²) in [4.78, 5) is 30.2. The van der Waals surface area contributed by atoms with E-state index in [0.29, 0.717) is 6.54 Å². The maximum atomic E-state index is 13.4. The molecule has 6 rings (SSSR count). The van der Waals surface area contributed by atoms with Crippen molar-refractivity contribution >= 4 is 55.9 Å². The predicted octanol–water partition coefficient (Wildman–Crippen LogP) is 8.22. The van der Waals surface area contributed by atoms with Gasteiger partial charge in [-0.15, -0.1) is 0 Å². The lowest BCUT2D eigenvalue weighted by atomic mass is 9.93. The van der Waals surface area contributed by atoms with Crippen molar-refractivity contribution in [1.82, 2.24) is 15.6 Å². The summed E-state index contributed by atoms with van der Waals surface area (Å²) in [6.45, 7) is 13.1. The first-order chi connectivity index (χ1) is 22.7. The number of carbonyl (C=O) groups is 2. The molecule has 0 radical (unpaired) electrons. The standard InChI is InChI=1S/C42H43N3O2/c1-7-43-35(33-13-9-11-31-25(3)15-16-27(5)38(31)33)23-20-29-18-19-30(40(29)39(28(6)46)42(47)44-8-2)21-24-36-34-14-10-12-32-26(4)17-22-37(45-36)41(32)34/h9-17,20-24,43,45H,7-8,18-19H2,1-6H3,(H,44,47)/b29-20+,30-21+,35-23+,36-24+,40-39-. The summed E-state index contributed by atoms with van der Waals surface area (Å²) in [5.74, 6) is -0.566. The highest BCUT2D eigenvalue weighted by molar-refractivity contribution is 6.20. The van der Waals surface area contributed by atoms with Crippen LogP contribution in [-0.4, -0.2) is 29.8 Å². The van der Waals surface area contributed by atoms with Gasteiger partial charge in [0.2, 0.25) is 0 Å². The highest BCUT2D eigenvalue weighted by Crippen LogP contribution is 2.39. The molecular weight excluding hydrogens is 578 g/mol. The number of aromatic amines is 1. The van der Waals surface area contributed by atoms with Crippen LogP contribution in [0, 0.1) is 20.8 Å². The average molecular weight is 622 g/mol. The van der Waals surface area contributed by atoms with E-state index in [0.717, 1.165) is 63.6 Å². The van der Waals surface area contributed by atoms with Crippen LogP contribution >= 0.6 is 0 Å². The molecule has 1 amide bonds. The van der Waals surface area contributed by atoms with Crippen LogP contribution in [0.25, 0.3) is 44.2 Å². The number of aryl methyl sites for hydroxylation is 3. The quantitative estimate of drug-likeness (QED) is 0.0929. The molecule has 5 heteroatoms. The van der Waals surface area contributed by atoms with E-state index in [1.807, 2.05) is 6.92 Å². The largest absolute Gasteiger partial charge is 0.385 e. The minimum atomic E-state index is -0.330. The zero-order chi connectivity index (χ0) is 33.2. The van der Waals surface area contributed by atoms with Crippen molar-refractivity contribution in [1.29, 1.82) is 0 Å². The van der Waals surface area contributed by atoms with Gasteiger partial charge in [-0.1, -0.05) is 66.7 Å². The molecule has 5 aromatic rings. The molecule has 238 valence electrons. The molecule has 1 fully saturated rings. The van der Waals surface area contributed by atoms with Crippen LogP contribution in [0.1, 0.15) is 55.9 Å². The first-order valence-electron chi connectivity index (χ1n) is 16.6. The van der Waals surface area contributed by atoms with Gasteiger partial charge >= 0.3 is 0 Å². The number of nitrogens with one attached hydrogen (secondary N) is 3. The normalized spacial score (nSPS) is 17.1. The number of rotatable bonds is 8. The van der Waals surface area contributed by atoms with Crippen LogP contribution in [0.4, 0.5) is 0 Å². The summed E-state index contributed by atoms with van der Waals surface area (Å²) >= 11 is 0. The van der Waals surface area contributed by atoms with Gasteiger partial charge < -0.3 is 15.6 Å². The van der Waals surface area contributed by atoms with Gasteiger partial charge in [0.1, 0.15) is 0 Å². The van der Waals surface area contributed by atoms with Crippen molar-refractivity contribution < 1.29 is 9.59 Å². The molecule has 1 aliphatic rings. The minimum Gasteiger partial charge on any atom is -0.385 e. The molecule has 3 N–H and O–H groups in total. The van der Waals surface area contributed by atoms with Gasteiger partial charge in [0.15, 0.2) is 5.78 Å². The lowest BCUT2D eigenvalue weighted by molar-refractivity contribution is -0.121. The third-order valence-corrected chi connectivity index (χ3v) is 9.32. The third-order valence-electron chi connectivity index (χ3n) is 9.32. The molecule has 0 unspecified atom stereocenters. The van der Waals surface area contributed by atoms with Gasteiger partial charge in [0, 0.05) is 46.0 Å². The molecule has 0 atom stereocenters. The van der Waals surface area contributed by atoms with Crippen LogP contribution in [0.5, 0.6) is 0 Å². The van der Waals surface area contributed by atoms with Gasteiger partial charge in [-0.05, 0) is 122 Å². The number of H-pyrrole nitrogens is 1. The van der Waals surface area contributed by atoms with Gasteiger partial charge in [-0.3, -0.25) is 9.59 Å². The van der Waals surface area contributed by atoms with Crippen LogP contribution in [0.3, 0.4) is 0 Å². The SMILES string of the molecule is CCNC(=O)/C(C(C)=O)=C1C(=C/C=C(/NCC)c2cccc3c(C)ccc(C)c23)/CCC/1=C\C=c1\[nH]c2ccc(C)c3cccc1c23. The summed E-state index contributed by atoms with van der Waals surface area (Å²) in [5, 5.41) is 13.6. The molecule has 1 heterocycles. The summed E-state index contributed by atoms with van der Waals surface area (Å²) in [7, 11) is 0. The van der Waals surface area contributed by atoms with Gasteiger partial charge in [0.05, 0.1) is 5.57 Å². The Morgan fingerprint density at radius 2 is 1.34 bits per heavy atom. The second-order valence-corrected chi connectivity index (χ2v) is 12.5. The second kappa shape index (κ2) is 13.3. The number of fused-ring (bicyclic) bond motifs is 1. The molecular formula is C42H43N3O2. The minimum absolute atomic E-state index is 0.218. The lowest BCUT2D eigenvalue weighted by Gasteiger charge is -2.16. The maximum absolute atomic E-state index is 13.4. The van der Waals surface area contributed by atoms with E-state index in [1.165, 1.54) is 45.2 Å². The van der Waals surface area contributed by atoms with Crippen molar-refractivity contribution in [3.63, 3.8) is 0 Å².